The Bertz CT molecular complexity index is 664. The van der Waals surface area contributed by atoms with Crippen molar-refractivity contribution in [1.29, 1.82) is 5.26 Å². The van der Waals surface area contributed by atoms with E-state index in [0.29, 0.717) is 29.3 Å². The van der Waals surface area contributed by atoms with E-state index in [1.165, 1.54) is 6.07 Å². The van der Waals surface area contributed by atoms with Crippen molar-refractivity contribution in [2.45, 2.75) is 37.8 Å². The summed E-state index contributed by atoms with van der Waals surface area (Å²) in [6.07, 6.45) is 3.27. The van der Waals surface area contributed by atoms with Crippen molar-refractivity contribution in [3.05, 3.63) is 34.3 Å². The number of halogens is 1. The minimum Gasteiger partial charge on any atom is -0.351 e. The summed E-state index contributed by atoms with van der Waals surface area (Å²) in [6.45, 7) is 0. The quantitative estimate of drug-likeness (QED) is 0.894. The first-order chi connectivity index (χ1) is 10.6. The van der Waals surface area contributed by atoms with Crippen molar-refractivity contribution >= 4 is 23.4 Å². The van der Waals surface area contributed by atoms with Crippen molar-refractivity contribution in [2.75, 3.05) is 0 Å². The van der Waals surface area contributed by atoms with Gasteiger partial charge in [0.1, 0.15) is 6.07 Å². The van der Waals surface area contributed by atoms with Crippen LogP contribution in [-0.4, -0.2) is 23.9 Å². The van der Waals surface area contributed by atoms with E-state index in [9.17, 15) is 9.59 Å². The Labute approximate surface area is 133 Å². The highest BCUT2D eigenvalue weighted by Crippen LogP contribution is 2.36. The molecule has 0 spiro atoms. The second-order valence-electron chi connectivity index (χ2n) is 5.86. The topological polar surface area (TPSA) is 82.0 Å². The summed E-state index contributed by atoms with van der Waals surface area (Å²) in [7, 11) is 0. The molecule has 6 heteroatoms. The highest BCUT2D eigenvalue weighted by atomic mass is 35.5. The Balaban J connectivity index is 1.73. The van der Waals surface area contributed by atoms with Gasteiger partial charge < -0.3 is 10.6 Å². The SMILES string of the molecule is N#Cc1cc(C(=O)N[C@@H]2CCC(=O)N[C@H]2C2CC2)ccc1Cl. The number of nitriles is 1. The molecule has 1 aliphatic carbocycles. The lowest BCUT2D eigenvalue weighted by atomic mass is 9.94. The smallest absolute Gasteiger partial charge is 0.251 e. The van der Waals surface area contributed by atoms with Crippen molar-refractivity contribution in [3.8, 4) is 6.07 Å². The predicted octanol–water partition coefficient (Wildman–Crippen LogP) is 2.00. The summed E-state index contributed by atoms with van der Waals surface area (Å²) in [5, 5.41) is 15.3. The zero-order chi connectivity index (χ0) is 15.7. The number of carbonyl (C=O) groups is 2. The molecular formula is C16H16ClN3O2. The first-order valence-corrected chi connectivity index (χ1v) is 7.76. The molecule has 1 aliphatic heterocycles. The molecule has 2 N–H and O–H groups in total. The van der Waals surface area contributed by atoms with Gasteiger partial charge >= 0.3 is 0 Å². The highest BCUT2D eigenvalue weighted by molar-refractivity contribution is 6.31. The molecule has 2 atom stereocenters. The lowest BCUT2D eigenvalue weighted by molar-refractivity contribution is -0.124. The van der Waals surface area contributed by atoms with E-state index in [-0.39, 0.29) is 29.5 Å². The number of hydrogen-bond donors (Lipinski definition) is 2. The molecule has 1 aromatic carbocycles. The molecule has 0 unspecified atom stereocenters. The van der Waals surface area contributed by atoms with Gasteiger partial charge in [0.2, 0.25) is 5.91 Å². The molecule has 1 aromatic rings. The van der Waals surface area contributed by atoms with Crippen LogP contribution >= 0.6 is 11.6 Å². The van der Waals surface area contributed by atoms with Gasteiger partial charge in [0.05, 0.1) is 22.7 Å². The lowest BCUT2D eigenvalue weighted by Gasteiger charge is -2.33. The standard InChI is InChI=1S/C16H16ClN3O2/c17-12-4-3-10(7-11(12)8-18)16(22)19-13-5-6-14(21)20-15(13)9-1-2-9/h3-4,7,9,13,15H,1-2,5-6H2,(H,19,22)(H,20,21)/t13-,15+/m1/s1. The van der Waals surface area contributed by atoms with Crippen LogP contribution in [0.5, 0.6) is 0 Å². The lowest BCUT2D eigenvalue weighted by Crippen LogP contribution is -2.56. The summed E-state index contributed by atoms with van der Waals surface area (Å²) in [5.74, 6) is 0.287. The maximum atomic E-state index is 12.4. The molecule has 1 heterocycles. The normalized spacial score (nSPS) is 24.3. The summed E-state index contributed by atoms with van der Waals surface area (Å²) in [6, 6.07) is 6.58. The molecule has 3 rings (SSSR count). The minimum absolute atomic E-state index is 0.0212. The fourth-order valence-electron chi connectivity index (χ4n) is 2.89. The number of benzene rings is 1. The van der Waals surface area contributed by atoms with Crippen LogP contribution in [0.1, 0.15) is 41.6 Å². The van der Waals surface area contributed by atoms with Crippen LogP contribution in [0.25, 0.3) is 0 Å². The molecule has 2 fully saturated rings. The largest absolute Gasteiger partial charge is 0.351 e. The van der Waals surface area contributed by atoms with Gasteiger partial charge in [-0.05, 0) is 43.4 Å². The molecule has 0 bridgehead atoms. The molecule has 0 aromatic heterocycles. The van der Waals surface area contributed by atoms with Crippen LogP contribution in [0.4, 0.5) is 0 Å². The van der Waals surface area contributed by atoms with E-state index >= 15 is 0 Å². The highest BCUT2D eigenvalue weighted by Gasteiger charge is 2.40. The molecule has 2 aliphatic rings. The molecule has 1 saturated carbocycles. The van der Waals surface area contributed by atoms with Gasteiger partial charge in [-0.25, -0.2) is 0 Å². The molecule has 114 valence electrons. The van der Waals surface area contributed by atoms with Crippen LogP contribution in [0, 0.1) is 17.2 Å². The Morgan fingerprint density at radius 1 is 1.36 bits per heavy atom. The maximum absolute atomic E-state index is 12.4. The Morgan fingerprint density at radius 2 is 2.14 bits per heavy atom. The Hall–Kier alpha value is -2.06. The van der Waals surface area contributed by atoms with Crippen molar-refractivity contribution < 1.29 is 9.59 Å². The number of hydrogen-bond acceptors (Lipinski definition) is 3. The van der Waals surface area contributed by atoms with Crippen LogP contribution in [0.2, 0.25) is 5.02 Å². The summed E-state index contributed by atoms with van der Waals surface area (Å²) in [4.78, 5) is 23.9. The maximum Gasteiger partial charge on any atom is 0.251 e. The third-order valence-electron chi connectivity index (χ3n) is 4.24. The first-order valence-electron chi connectivity index (χ1n) is 7.38. The van der Waals surface area contributed by atoms with E-state index in [2.05, 4.69) is 10.6 Å². The summed E-state index contributed by atoms with van der Waals surface area (Å²) >= 11 is 5.88. The Morgan fingerprint density at radius 3 is 2.82 bits per heavy atom. The minimum atomic E-state index is -0.236. The molecule has 2 amide bonds. The zero-order valence-corrected chi connectivity index (χ0v) is 12.7. The second-order valence-corrected chi connectivity index (χ2v) is 6.26. The fourth-order valence-corrected chi connectivity index (χ4v) is 3.05. The third-order valence-corrected chi connectivity index (χ3v) is 4.57. The number of nitrogens with zero attached hydrogens (tertiary/aromatic N) is 1. The van der Waals surface area contributed by atoms with Crippen molar-refractivity contribution in [1.82, 2.24) is 10.6 Å². The van der Waals surface area contributed by atoms with Gasteiger partial charge in [-0.1, -0.05) is 11.6 Å². The van der Waals surface area contributed by atoms with E-state index in [0.717, 1.165) is 12.8 Å². The van der Waals surface area contributed by atoms with Gasteiger partial charge in [-0.15, -0.1) is 0 Å². The second kappa shape index (κ2) is 5.98. The molecule has 1 saturated heterocycles. The number of rotatable bonds is 3. The first kappa shape index (κ1) is 14.9. The van der Waals surface area contributed by atoms with Crippen LogP contribution < -0.4 is 10.6 Å². The molecule has 0 radical (unpaired) electrons. The van der Waals surface area contributed by atoms with Crippen LogP contribution in [0.3, 0.4) is 0 Å². The monoisotopic (exact) mass is 317 g/mol. The van der Waals surface area contributed by atoms with Gasteiger partial charge in [-0.2, -0.15) is 5.26 Å². The summed E-state index contributed by atoms with van der Waals surface area (Å²) < 4.78 is 0. The van der Waals surface area contributed by atoms with Crippen molar-refractivity contribution in [2.24, 2.45) is 5.92 Å². The van der Waals surface area contributed by atoms with E-state index in [1.54, 1.807) is 12.1 Å². The van der Waals surface area contributed by atoms with Crippen LogP contribution in [0.15, 0.2) is 18.2 Å². The van der Waals surface area contributed by atoms with Gasteiger partial charge in [-0.3, -0.25) is 9.59 Å². The number of carbonyl (C=O) groups excluding carboxylic acids is 2. The number of amides is 2. The molecule has 5 nitrogen and oxygen atoms in total. The average molecular weight is 318 g/mol. The van der Waals surface area contributed by atoms with Gasteiger partial charge in [0, 0.05) is 12.0 Å². The van der Waals surface area contributed by atoms with E-state index < -0.39 is 0 Å². The van der Waals surface area contributed by atoms with Gasteiger partial charge in [0.25, 0.3) is 5.91 Å². The van der Waals surface area contributed by atoms with E-state index in [1.807, 2.05) is 6.07 Å². The average Bonchev–Trinajstić information content (AvgIpc) is 3.34. The number of nitrogens with one attached hydrogen (secondary N) is 2. The fraction of sp³-hybridized carbons (Fsp3) is 0.438. The third kappa shape index (κ3) is 3.07. The number of piperidine rings is 1. The molecular weight excluding hydrogens is 302 g/mol. The van der Waals surface area contributed by atoms with E-state index in [4.69, 9.17) is 16.9 Å². The van der Waals surface area contributed by atoms with Crippen LogP contribution in [-0.2, 0) is 4.79 Å². The van der Waals surface area contributed by atoms with Crippen molar-refractivity contribution in [3.63, 3.8) is 0 Å². The summed E-state index contributed by atoms with van der Waals surface area (Å²) in [5.41, 5.74) is 0.692. The zero-order valence-electron chi connectivity index (χ0n) is 11.9. The van der Waals surface area contributed by atoms with Gasteiger partial charge in [0.15, 0.2) is 0 Å². The Kier molecular flexibility index (Phi) is 4.04. The molecule has 22 heavy (non-hydrogen) atoms. The predicted molar refractivity (Wildman–Crippen MR) is 81.3 cm³/mol.